The summed E-state index contributed by atoms with van der Waals surface area (Å²) in [6, 6.07) is 0. The molecule has 1 fully saturated rings. The first-order valence-corrected chi connectivity index (χ1v) is 15.9. The number of unbranched alkanes of at least 4 members (excludes halogenated alkanes) is 15. The van der Waals surface area contributed by atoms with Crippen molar-refractivity contribution in [3.05, 3.63) is 0 Å². The monoisotopic (exact) mass is 508 g/mol. The Bertz CT molecular complexity index is 530. The summed E-state index contributed by atoms with van der Waals surface area (Å²) in [5, 5.41) is 0. The Morgan fingerprint density at radius 2 is 0.944 bits per heavy atom. The van der Waals surface area contributed by atoms with Gasteiger partial charge in [0.25, 0.3) is 0 Å². The highest BCUT2D eigenvalue weighted by Gasteiger charge is 2.37. The van der Waals surface area contributed by atoms with Crippen LogP contribution in [0.1, 0.15) is 162 Å². The highest BCUT2D eigenvalue weighted by atomic mass is 16.5. The number of carbonyl (C=O) groups excluding carboxylic acids is 2. The van der Waals surface area contributed by atoms with Gasteiger partial charge in [-0.2, -0.15) is 0 Å². The second kappa shape index (κ2) is 23.1. The molecule has 0 radical (unpaired) electrons. The molecule has 1 aliphatic carbocycles. The van der Waals surface area contributed by atoms with E-state index in [0.29, 0.717) is 13.2 Å². The number of hydrogen-bond donors (Lipinski definition) is 0. The van der Waals surface area contributed by atoms with Crippen LogP contribution in [-0.4, -0.2) is 25.2 Å². The van der Waals surface area contributed by atoms with Gasteiger partial charge in [-0.15, -0.1) is 0 Å². The number of rotatable bonds is 23. The van der Waals surface area contributed by atoms with Crippen LogP contribution >= 0.6 is 0 Å². The lowest BCUT2D eigenvalue weighted by molar-refractivity contribution is -0.163. The molecule has 0 heterocycles. The predicted molar refractivity (Wildman–Crippen MR) is 151 cm³/mol. The summed E-state index contributed by atoms with van der Waals surface area (Å²) in [4.78, 5) is 25.4. The number of carbonyl (C=O) groups is 2. The Hall–Kier alpha value is -1.06. The fourth-order valence-electron chi connectivity index (χ4n) is 5.38. The molecule has 2 atom stereocenters. The van der Waals surface area contributed by atoms with Crippen LogP contribution in [0.2, 0.25) is 0 Å². The number of ether oxygens (including phenoxy) is 2. The van der Waals surface area contributed by atoms with Crippen molar-refractivity contribution in [1.82, 2.24) is 0 Å². The predicted octanol–water partition coefficient (Wildman–Crippen LogP) is 9.58. The fraction of sp³-hybridized carbons (Fsp3) is 0.938. The molecular formula is C32H60O4. The van der Waals surface area contributed by atoms with Crippen LogP contribution in [-0.2, 0) is 19.1 Å². The maximum absolute atomic E-state index is 12.7. The third kappa shape index (κ3) is 17.4. The molecule has 0 spiro atoms. The minimum absolute atomic E-state index is 0.176. The molecule has 0 bridgehead atoms. The SMILES string of the molecule is CCCCCCCCCCCCOC(=O)C1CCCCC1C(=O)OCCCCCCCCCC(C)C. The normalized spacial score (nSPS) is 17.9. The molecular weight excluding hydrogens is 448 g/mol. The molecule has 0 aromatic rings. The third-order valence-electron chi connectivity index (χ3n) is 7.78. The zero-order chi connectivity index (χ0) is 26.3. The molecule has 2 unspecified atom stereocenters. The Kier molecular flexibility index (Phi) is 21.1. The van der Waals surface area contributed by atoms with Gasteiger partial charge in [0, 0.05) is 0 Å². The smallest absolute Gasteiger partial charge is 0.309 e. The van der Waals surface area contributed by atoms with Crippen molar-refractivity contribution in [3.63, 3.8) is 0 Å². The van der Waals surface area contributed by atoms with Crippen LogP contribution in [0.3, 0.4) is 0 Å². The van der Waals surface area contributed by atoms with Crippen LogP contribution < -0.4 is 0 Å². The molecule has 1 saturated carbocycles. The number of hydrogen-bond acceptors (Lipinski definition) is 4. The second-order valence-electron chi connectivity index (χ2n) is 11.7. The van der Waals surface area contributed by atoms with E-state index in [1.807, 2.05) is 0 Å². The summed E-state index contributed by atoms with van der Waals surface area (Å²) < 4.78 is 11.2. The maximum atomic E-state index is 12.7. The Morgan fingerprint density at radius 3 is 1.33 bits per heavy atom. The van der Waals surface area contributed by atoms with Gasteiger partial charge in [0.1, 0.15) is 0 Å². The number of esters is 2. The average molecular weight is 509 g/mol. The summed E-state index contributed by atoms with van der Waals surface area (Å²) in [5.41, 5.74) is 0. The first-order chi connectivity index (χ1) is 17.6. The lowest BCUT2D eigenvalue weighted by atomic mass is 9.79. The zero-order valence-corrected chi connectivity index (χ0v) is 24.3. The molecule has 1 rings (SSSR count). The van der Waals surface area contributed by atoms with Crippen molar-refractivity contribution in [3.8, 4) is 0 Å². The first kappa shape index (κ1) is 33.0. The van der Waals surface area contributed by atoms with Gasteiger partial charge in [-0.3, -0.25) is 9.59 Å². The van der Waals surface area contributed by atoms with Crippen LogP contribution in [0.4, 0.5) is 0 Å². The molecule has 0 N–H and O–H groups in total. The van der Waals surface area contributed by atoms with Crippen molar-refractivity contribution in [2.45, 2.75) is 162 Å². The summed E-state index contributed by atoms with van der Waals surface area (Å²) in [6.45, 7) is 7.82. The molecule has 1 aliphatic rings. The van der Waals surface area contributed by atoms with Gasteiger partial charge in [0.15, 0.2) is 0 Å². The lowest BCUT2D eigenvalue weighted by Gasteiger charge is -2.28. The van der Waals surface area contributed by atoms with E-state index in [-0.39, 0.29) is 23.8 Å². The van der Waals surface area contributed by atoms with Gasteiger partial charge >= 0.3 is 11.9 Å². The van der Waals surface area contributed by atoms with Crippen LogP contribution in [0.5, 0.6) is 0 Å². The molecule has 36 heavy (non-hydrogen) atoms. The van der Waals surface area contributed by atoms with Crippen molar-refractivity contribution in [2.75, 3.05) is 13.2 Å². The highest BCUT2D eigenvalue weighted by molar-refractivity contribution is 5.82. The molecule has 4 heteroatoms. The largest absolute Gasteiger partial charge is 0.465 e. The third-order valence-corrected chi connectivity index (χ3v) is 7.78. The Balaban J connectivity index is 2.09. The molecule has 0 saturated heterocycles. The van der Waals surface area contributed by atoms with E-state index < -0.39 is 0 Å². The van der Waals surface area contributed by atoms with Crippen LogP contribution in [0.25, 0.3) is 0 Å². The molecule has 0 aliphatic heterocycles. The molecule has 0 aromatic heterocycles. The second-order valence-corrected chi connectivity index (χ2v) is 11.7. The minimum atomic E-state index is -0.306. The summed E-state index contributed by atoms with van der Waals surface area (Å²) in [7, 11) is 0. The lowest BCUT2D eigenvalue weighted by Crippen LogP contribution is -2.35. The van der Waals surface area contributed by atoms with Crippen LogP contribution in [0.15, 0.2) is 0 Å². The van der Waals surface area contributed by atoms with Gasteiger partial charge in [0.05, 0.1) is 25.0 Å². The van der Waals surface area contributed by atoms with Gasteiger partial charge < -0.3 is 9.47 Å². The summed E-state index contributed by atoms with van der Waals surface area (Å²) >= 11 is 0. The van der Waals surface area contributed by atoms with Crippen molar-refractivity contribution in [2.24, 2.45) is 17.8 Å². The van der Waals surface area contributed by atoms with Crippen LogP contribution in [0, 0.1) is 17.8 Å². The molecule has 0 aromatic carbocycles. The van der Waals surface area contributed by atoms with Crippen molar-refractivity contribution < 1.29 is 19.1 Å². The topological polar surface area (TPSA) is 52.6 Å². The van der Waals surface area contributed by atoms with Gasteiger partial charge in [0.2, 0.25) is 0 Å². The highest BCUT2D eigenvalue weighted by Crippen LogP contribution is 2.32. The Labute approximate surface area is 224 Å². The summed E-state index contributed by atoms with van der Waals surface area (Å²) in [5.74, 6) is -0.149. The first-order valence-electron chi connectivity index (χ1n) is 15.9. The average Bonchev–Trinajstić information content (AvgIpc) is 2.88. The molecule has 4 nitrogen and oxygen atoms in total. The van der Waals surface area contributed by atoms with Gasteiger partial charge in [-0.25, -0.2) is 0 Å². The van der Waals surface area contributed by atoms with Crippen molar-refractivity contribution in [1.29, 1.82) is 0 Å². The van der Waals surface area contributed by atoms with Gasteiger partial charge in [-0.1, -0.05) is 136 Å². The fourth-order valence-corrected chi connectivity index (χ4v) is 5.38. The van der Waals surface area contributed by atoms with E-state index in [1.54, 1.807) is 0 Å². The van der Waals surface area contributed by atoms with E-state index in [9.17, 15) is 9.59 Å². The van der Waals surface area contributed by atoms with Crippen molar-refractivity contribution >= 4 is 11.9 Å². The van der Waals surface area contributed by atoms with Gasteiger partial charge in [-0.05, 0) is 31.6 Å². The minimum Gasteiger partial charge on any atom is -0.465 e. The standard InChI is InChI=1S/C32H60O4/c1-4-5-6-7-8-9-10-13-16-21-26-35-31(33)29-24-19-20-25-30(29)32(34)36-27-22-17-14-11-12-15-18-23-28(2)3/h28-30H,4-27H2,1-3H3. The van der Waals surface area contributed by atoms with E-state index in [2.05, 4.69) is 20.8 Å². The summed E-state index contributed by atoms with van der Waals surface area (Å²) in [6.07, 6.45) is 26.1. The Morgan fingerprint density at radius 1 is 0.583 bits per heavy atom. The van der Waals surface area contributed by atoms with E-state index in [4.69, 9.17) is 9.47 Å². The zero-order valence-electron chi connectivity index (χ0n) is 24.3. The van der Waals surface area contributed by atoms with E-state index in [0.717, 1.165) is 57.3 Å². The molecule has 0 amide bonds. The molecule has 212 valence electrons. The quantitative estimate of drug-likeness (QED) is 0.102. The maximum Gasteiger partial charge on any atom is 0.309 e. The van der Waals surface area contributed by atoms with E-state index in [1.165, 1.54) is 89.9 Å². The van der Waals surface area contributed by atoms with E-state index >= 15 is 0 Å².